The fraction of sp³-hybridized carbons (Fsp3) is 0.312. The van der Waals surface area contributed by atoms with Gasteiger partial charge in [-0.05, 0) is 25.0 Å². The topological polar surface area (TPSA) is 55.3 Å². The highest BCUT2D eigenvalue weighted by atomic mass is 35.5. The van der Waals surface area contributed by atoms with E-state index in [-0.39, 0.29) is 23.6 Å². The number of nitrogens with zero attached hydrogens (tertiary/aromatic N) is 3. The molecule has 3 rings (SSSR count). The Balaban J connectivity index is 1.67. The van der Waals surface area contributed by atoms with Crippen molar-refractivity contribution in [1.82, 2.24) is 14.9 Å². The van der Waals surface area contributed by atoms with E-state index >= 15 is 0 Å². The van der Waals surface area contributed by atoms with E-state index in [1.54, 1.807) is 17.0 Å². The first-order valence-electron chi connectivity index (χ1n) is 7.31. The molecule has 2 heterocycles. The smallest absolute Gasteiger partial charge is 0.316 e. The van der Waals surface area contributed by atoms with Crippen LogP contribution < -0.4 is 4.74 Å². The molecule has 0 bridgehead atoms. The predicted octanol–water partition coefficient (Wildman–Crippen LogP) is 2.95. The van der Waals surface area contributed by atoms with Crippen LogP contribution in [0.1, 0.15) is 23.2 Å². The Hall–Kier alpha value is -2.21. The molecular weight excluding hydrogens is 321 g/mol. The number of rotatable bonds is 3. The van der Waals surface area contributed by atoms with Gasteiger partial charge in [-0.3, -0.25) is 4.79 Å². The molecule has 120 valence electrons. The maximum Gasteiger partial charge on any atom is 0.316 e. The average Bonchev–Trinajstić information content (AvgIpc) is 2.57. The van der Waals surface area contributed by atoms with E-state index in [9.17, 15) is 9.18 Å². The number of likely N-dealkylation sites (tertiary alicyclic amines) is 1. The second kappa shape index (κ2) is 6.91. The van der Waals surface area contributed by atoms with Crippen molar-refractivity contribution in [3.8, 4) is 6.01 Å². The maximum atomic E-state index is 13.8. The van der Waals surface area contributed by atoms with Gasteiger partial charge in [-0.25, -0.2) is 14.4 Å². The molecule has 7 heteroatoms. The van der Waals surface area contributed by atoms with Gasteiger partial charge in [-0.2, -0.15) is 0 Å². The van der Waals surface area contributed by atoms with Crippen molar-refractivity contribution >= 4 is 17.5 Å². The Labute approximate surface area is 138 Å². The standard InChI is InChI=1S/C16H15ClFN3O2/c17-11-8-19-16(20-9-11)23-12-4-3-7-21(10-12)15(22)13-5-1-2-6-14(13)18/h1-2,5-6,8-9,12H,3-4,7,10H2. The monoisotopic (exact) mass is 335 g/mol. The molecule has 1 aliphatic heterocycles. The lowest BCUT2D eigenvalue weighted by atomic mass is 10.1. The number of hydrogen-bond donors (Lipinski definition) is 0. The van der Waals surface area contributed by atoms with Gasteiger partial charge < -0.3 is 9.64 Å². The summed E-state index contributed by atoms with van der Waals surface area (Å²) in [6.07, 6.45) is 4.25. The number of ether oxygens (including phenoxy) is 1. The molecule has 5 nitrogen and oxygen atoms in total. The molecule has 0 radical (unpaired) electrons. The quantitative estimate of drug-likeness (QED) is 0.865. The van der Waals surface area contributed by atoms with Crippen LogP contribution in [-0.2, 0) is 0 Å². The molecule has 1 aliphatic rings. The first-order chi connectivity index (χ1) is 11.1. The second-order valence-electron chi connectivity index (χ2n) is 5.30. The molecule has 1 aromatic carbocycles. The first-order valence-corrected chi connectivity index (χ1v) is 7.69. The number of halogens is 2. The van der Waals surface area contributed by atoms with E-state index in [0.29, 0.717) is 18.1 Å². The summed E-state index contributed by atoms with van der Waals surface area (Å²) < 4.78 is 19.5. The average molecular weight is 336 g/mol. The number of carbonyl (C=O) groups is 1. The Morgan fingerprint density at radius 2 is 2.04 bits per heavy atom. The third kappa shape index (κ3) is 3.76. The zero-order valence-electron chi connectivity index (χ0n) is 12.3. The van der Waals surface area contributed by atoms with Crippen LogP contribution in [0.25, 0.3) is 0 Å². The van der Waals surface area contributed by atoms with Gasteiger partial charge in [0.2, 0.25) is 0 Å². The van der Waals surface area contributed by atoms with Crippen LogP contribution >= 0.6 is 11.6 Å². The lowest BCUT2D eigenvalue weighted by Crippen LogP contribution is -2.44. The highest BCUT2D eigenvalue weighted by Gasteiger charge is 2.27. The Kier molecular flexibility index (Phi) is 4.71. The summed E-state index contributed by atoms with van der Waals surface area (Å²) in [5, 5.41) is 0.428. The van der Waals surface area contributed by atoms with Crippen molar-refractivity contribution < 1.29 is 13.9 Å². The normalized spacial score (nSPS) is 17.8. The van der Waals surface area contributed by atoms with E-state index in [1.807, 2.05) is 0 Å². The molecule has 0 saturated carbocycles. The van der Waals surface area contributed by atoms with Crippen molar-refractivity contribution in [2.24, 2.45) is 0 Å². The number of hydrogen-bond acceptors (Lipinski definition) is 4. The molecule has 23 heavy (non-hydrogen) atoms. The molecule has 1 unspecified atom stereocenters. The van der Waals surface area contributed by atoms with Crippen LogP contribution in [0.3, 0.4) is 0 Å². The zero-order valence-corrected chi connectivity index (χ0v) is 13.0. The molecule has 1 fully saturated rings. The lowest BCUT2D eigenvalue weighted by molar-refractivity contribution is 0.0512. The number of benzene rings is 1. The highest BCUT2D eigenvalue weighted by Crippen LogP contribution is 2.19. The summed E-state index contributed by atoms with van der Waals surface area (Å²) in [5.74, 6) is -0.838. The van der Waals surface area contributed by atoms with E-state index < -0.39 is 5.82 Å². The van der Waals surface area contributed by atoms with Gasteiger partial charge in [-0.1, -0.05) is 23.7 Å². The molecule has 1 atom stereocenters. The van der Waals surface area contributed by atoms with Gasteiger partial charge >= 0.3 is 6.01 Å². The third-order valence-corrected chi connectivity index (χ3v) is 3.83. The Morgan fingerprint density at radius 3 is 2.78 bits per heavy atom. The van der Waals surface area contributed by atoms with Crippen LogP contribution in [-0.4, -0.2) is 40.0 Å². The van der Waals surface area contributed by atoms with Crippen molar-refractivity contribution in [2.75, 3.05) is 13.1 Å². The van der Waals surface area contributed by atoms with Crippen molar-refractivity contribution in [1.29, 1.82) is 0 Å². The van der Waals surface area contributed by atoms with Crippen molar-refractivity contribution in [3.05, 3.63) is 53.1 Å². The fourth-order valence-electron chi connectivity index (χ4n) is 2.53. The van der Waals surface area contributed by atoms with Crippen molar-refractivity contribution in [3.63, 3.8) is 0 Å². The molecule has 1 aromatic heterocycles. The van der Waals surface area contributed by atoms with Gasteiger partial charge in [0, 0.05) is 6.54 Å². The van der Waals surface area contributed by atoms with E-state index in [0.717, 1.165) is 12.8 Å². The SMILES string of the molecule is O=C(c1ccccc1F)N1CCCC(Oc2ncc(Cl)cn2)C1. The maximum absolute atomic E-state index is 13.8. The Bertz CT molecular complexity index is 696. The summed E-state index contributed by atoms with van der Waals surface area (Å²) in [6.45, 7) is 0.952. The lowest BCUT2D eigenvalue weighted by Gasteiger charge is -2.32. The Morgan fingerprint density at radius 1 is 1.30 bits per heavy atom. The minimum Gasteiger partial charge on any atom is -0.458 e. The third-order valence-electron chi connectivity index (χ3n) is 3.64. The van der Waals surface area contributed by atoms with Gasteiger partial charge in [0.05, 0.1) is 29.5 Å². The zero-order chi connectivity index (χ0) is 16.2. The minimum absolute atomic E-state index is 0.0795. The highest BCUT2D eigenvalue weighted by molar-refractivity contribution is 6.30. The largest absolute Gasteiger partial charge is 0.458 e. The van der Waals surface area contributed by atoms with Crippen LogP contribution in [0.2, 0.25) is 5.02 Å². The van der Waals surface area contributed by atoms with Gasteiger partial charge in [0.15, 0.2) is 0 Å². The summed E-state index contributed by atoms with van der Waals surface area (Å²) in [7, 11) is 0. The predicted molar refractivity (Wildman–Crippen MR) is 83.0 cm³/mol. The van der Waals surface area contributed by atoms with Crippen LogP contribution in [0.5, 0.6) is 6.01 Å². The van der Waals surface area contributed by atoms with Crippen LogP contribution in [0.4, 0.5) is 4.39 Å². The van der Waals surface area contributed by atoms with E-state index in [1.165, 1.54) is 24.5 Å². The van der Waals surface area contributed by atoms with Gasteiger partial charge in [-0.15, -0.1) is 0 Å². The van der Waals surface area contributed by atoms with Crippen molar-refractivity contribution in [2.45, 2.75) is 18.9 Å². The van der Waals surface area contributed by atoms with Crippen LogP contribution in [0, 0.1) is 5.82 Å². The summed E-state index contributed by atoms with van der Waals surface area (Å²) in [6, 6.07) is 6.21. The summed E-state index contributed by atoms with van der Waals surface area (Å²) in [4.78, 5) is 22.0. The molecule has 0 spiro atoms. The minimum atomic E-state index is -0.512. The first kappa shape index (κ1) is 15.7. The van der Waals surface area contributed by atoms with Gasteiger partial charge in [0.25, 0.3) is 5.91 Å². The molecule has 1 amide bonds. The molecule has 1 saturated heterocycles. The molecule has 2 aromatic rings. The molecule has 0 N–H and O–H groups in total. The number of aromatic nitrogens is 2. The number of piperidine rings is 1. The second-order valence-corrected chi connectivity index (χ2v) is 5.73. The fourth-order valence-corrected chi connectivity index (χ4v) is 2.63. The summed E-state index contributed by atoms with van der Waals surface area (Å²) in [5.41, 5.74) is 0.0795. The molecular formula is C16H15ClFN3O2. The van der Waals surface area contributed by atoms with E-state index in [2.05, 4.69) is 9.97 Å². The number of carbonyl (C=O) groups excluding carboxylic acids is 1. The van der Waals surface area contributed by atoms with Gasteiger partial charge in [0.1, 0.15) is 11.9 Å². The van der Waals surface area contributed by atoms with E-state index in [4.69, 9.17) is 16.3 Å². The van der Waals surface area contributed by atoms with Crippen LogP contribution in [0.15, 0.2) is 36.7 Å². The molecule has 0 aliphatic carbocycles. The summed E-state index contributed by atoms with van der Waals surface area (Å²) >= 11 is 5.73. The number of amides is 1.